The zero-order valence-corrected chi connectivity index (χ0v) is 13.4. The fraction of sp³-hybridized carbons (Fsp3) is 0.353. The number of hydrogen-bond donors (Lipinski definition) is 1. The van der Waals surface area contributed by atoms with Gasteiger partial charge in [0.05, 0.1) is 0 Å². The predicted molar refractivity (Wildman–Crippen MR) is 88.1 cm³/mol. The quantitative estimate of drug-likeness (QED) is 0.797. The maximum atomic E-state index is 4.36. The molecule has 1 N–H and O–H groups in total. The van der Waals surface area contributed by atoms with E-state index in [2.05, 4.69) is 65.4 Å². The van der Waals surface area contributed by atoms with Gasteiger partial charge in [0.1, 0.15) is 12.1 Å². The normalized spacial score (nSPS) is 12.8. The molecule has 0 radical (unpaired) electrons. The summed E-state index contributed by atoms with van der Waals surface area (Å²) >= 11 is 0. The second-order valence-electron chi connectivity index (χ2n) is 5.94. The van der Waals surface area contributed by atoms with Gasteiger partial charge in [-0.15, -0.1) is 0 Å². The molecule has 3 aromatic rings. The Bertz CT molecular complexity index is 773. The van der Waals surface area contributed by atoms with Gasteiger partial charge < -0.3 is 5.32 Å². The summed E-state index contributed by atoms with van der Waals surface area (Å²) in [5, 5.41) is 7.72. The second kappa shape index (κ2) is 5.75. The Morgan fingerprint density at radius 2 is 1.73 bits per heavy atom. The number of anilines is 1. The van der Waals surface area contributed by atoms with Crippen LogP contribution in [0.5, 0.6) is 0 Å². The summed E-state index contributed by atoms with van der Waals surface area (Å²) in [4.78, 5) is 8.51. The van der Waals surface area contributed by atoms with Crippen molar-refractivity contribution in [2.45, 2.75) is 39.7 Å². The summed E-state index contributed by atoms with van der Waals surface area (Å²) in [5.41, 5.74) is 3.52. The van der Waals surface area contributed by atoms with Crippen LogP contribution in [-0.2, 0) is 0 Å². The van der Waals surface area contributed by atoms with Gasteiger partial charge in [-0.1, -0.05) is 38.1 Å². The van der Waals surface area contributed by atoms with Gasteiger partial charge in [0.2, 0.25) is 0 Å². The van der Waals surface area contributed by atoms with Crippen LogP contribution in [0, 0.1) is 6.92 Å². The highest BCUT2D eigenvalue weighted by atomic mass is 15.4. The Morgan fingerprint density at radius 3 is 2.41 bits per heavy atom. The summed E-state index contributed by atoms with van der Waals surface area (Å²) in [5.74, 6) is 2.07. The highest BCUT2D eigenvalue weighted by Gasteiger charge is 2.10. The Kier molecular flexibility index (Phi) is 3.79. The van der Waals surface area contributed by atoms with Crippen molar-refractivity contribution in [1.29, 1.82) is 0 Å². The van der Waals surface area contributed by atoms with E-state index in [9.17, 15) is 0 Å². The molecule has 0 amide bonds. The molecule has 0 aliphatic carbocycles. The maximum absolute atomic E-state index is 4.36. The molecule has 0 spiro atoms. The van der Waals surface area contributed by atoms with Gasteiger partial charge in [0.15, 0.2) is 0 Å². The highest BCUT2D eigenvalue weighted by Crippen LogP contribution is 2.22. The summed E-state index contributed by atoms with van der Waals surface area (Å²) in [7, 11) is 0. The fourth-order valence-corrected chi connectivity index (χ4v) is 2.51. The minimum Gasteiger partial charge on any atom is -0.363 e. The van der Waals surface area contributed by atoms with Crippen molar-refractivity contribution in [3.05, 3.63) is 53.5 Å². The van der Waals surface area contributed by atoms with E-state index in [1.54, 1.807) is 4.52 Å². The number of rotatable bonds is 4. The van der Waals surface area contributed by atoms with Crippen molar-refractivity contribution in [3.63, 3.8) is 0 Å². The average Bonchev–Trinajstić information content (AvgIpc) is 2.95. The molecule has 5 heteroatoms. The van der Waals surface area contributed by atoms with Crippen molar-refractivity contribution in [2.24, 2.45) is 0 Å². The number of nitrogens with zero attached hydrogens (tertiary/aromatic N) is 4. The van der Waals surface area contributed by atoms with Crippen LogP contribution in [0.15, 0.2) is 36.7 Å². The molecule has 0 bridgehead atoms. The van der Waals surface area contributed by atoms with Gasteiger partial charge in [0.25, 0.3) is 5.78 Å². The molecule has 1 atom stereocenters. The topological polar surface area (TPSA) is 55.1 Å². The van der Waals surface area contributed by atoms with Crippen molar-refractivity contribution in [1.82, 2.24) is 19.6 Å². The first-order chi connectivity index (χ1) is 10.5. The standard InChI is InChI=1S/C17H21N5/c1-11(2)14-5-7-15(8-6-14)13(4)21-16-9-12(3)20-17-18-10-19-22(16)17/h5-11,13,21H,1-4H3/t13-/m1/s1. The molecule has 5 nitrogen and oxygen atoms in total. The molecule has 0 saturated carbocycles. The lowest BCUT2D eigenvalue weighted by Crippen LogP contribution is -2.11. The number of benzene rings is 1. The lowest BCUT2D eigenvalue weighted by Gasteiger charge is -2.17. The Labute approximate surface area is 130 Å². The molecule has 2 heterocycles. The average molecular weight is 295 g/mol. The third kappa shape index (κ3) is 2.79. The van der Waals surface area contributed by atoms with Crippen LogP contribution in [0.2, 0.25) is 0 Å². The highest BCUT2D eigenvalue weighted by molar-refractivity contribution is 5.46. The third-order valence-corrected chi connectivity index (χ3v) is 3.85. The van der Waals surface area contributed by atoms with Crippen LogP contribution in [0.4, 0.5) is 5.82 Å². The van der Waals surface area contributed by atoms with Gasteiger partial charge in [0, 0.05) is 17.8 Å². The lowest BCUT2D eigenvalue weighted by molar-refractivity contribution is 0.829. The summed E-state index contributed by atoms with van der Waals surface area (Å²) in [6, 6.07) is 10.9. The van der Waals surface area contributed by atoms with E-state index in [4.69, 9.17) is 0 Å². The minimum absolute atomic E-state index is 0.176. The zero-order chi connectivity index (χ0) is 15.7. The number of aryl methyl sites for hydroxylation is 1. The van der Waals surface area contributed by atoms with E-state index in [1.807, 2.05) is 13.0 Å². The maximum Gasteiger partial charge on any atom is 0.254 e. The molecule has 114 valence electrons. The van der Waals surface area contributed by atoms with Crippen LogP contribution in [0.3, 0.4) is 0 Å². The molecule has 0 fully saturated rings. The van der Waals surface area contributed by atoms with Gasteiger partial charge in [-0.05, 0) is 30.9 Å². The molecular formula is C17H21N5. The Balaban J connectivity index is 1.86. The van der Waals surface area contributed by atoms with E-state index in [0.717, 1.165) is 11.5 Å². The minimum atomic E-state index is 0.176. The van der Waals surface area contributed by atoms with Crippen molar-refractivity contribution >= 4 is 11.6 Å². The summed E-state index contributed by atoms with van der Waals surface area (Å²) < 4.78 is 1.73. The van der Waals surface area contributed by atoms with Gasteiger partial charge in [-0.25, -0.2) is 4.98 Å². The number of aromatic nitrogens is 4. The molecule has 22 heavy (non-hydrogen) atoms. The van der Waals surface area contributed by atoms with Crippen LogP contribution < -0.4 is 5.32 Å². The molecule has 3 rings (SSSR count). The van der Waals surface area contributed by atoms with Crippen LogP contribution in [-0.4, -0.2) is 19.6 Å². The lowest BCUT2D eigenvalue weighted by atomic mass is 9.99. The monoisotopic (exact) mass is 295 g/mol. The molecule has 0 unspecified atom stereocenters. The molecule has 1 aromatic carbocycles. The Hall–Kier alpha value is -2.43. The number of nitrogens with one attached hydrogen (secondary N) is 1. The predicted octanol–water partition coefficient (Wildman–Crippen LogP) is 3.73. The number of fused-ring (bicyclic) bond motifs is 1. The van der Waals surface area contributed by atoms with E-state index in [1.165, 1.54) is 17.5 Å². The summed E-state index contributed by atoms with van der Waals surface area (Å²) in [6.07, 6.45) is 1.52. The van der Waals surface area contributed by atoms with Gasteiger partial charge in [-0.2, -0.15) is 14.6 Å². The molecule has 2 aromatic heterocycles. The van der Waals surface area contributed by atoms with Gasteiger partial charge in [-0.3, -0.25) is 0 Å². The SMILES string of the molecule is Cc1cc(N[C@H](C)c2ccc(C(C)C)cc2)n2ncnc2n1. The molecule has 0 aliphatic rings. The first-order valence-corrected chi connectivity index (χ1v) is 7.58. The van der Waals surface area contributed by atoms with E-state index >= 15 is 0 Å². The van der Waals surface area contributed by atoms with Crippen LogP contribution >= 0.6 is 0 Å². The second-order valence-corrected chi connectivity index (χ2v) is 5.94. The van der Waals surface area contributed by atoms with Crippen molar-refractivity contribution in [2.75, 3.05) is 5.32 Å². The van der Waals surface area contributed by atoms with Crippen LogP contribution in [0.25, 0.3) is 5.78 Å². The first-order valence-electron chi connectivity index (χ1n) is 7.58. The van der Waals surface area contributed by atoms with E-state index in [0.29, 0.717) is 11.7 Å². The Morgan fingerprint density at radius 1 is 1.05 bits per heavy atom. The van der Waals surface area contributed by atoms with Gasteiger partial charge >= 0.3 is 0 Å². The van der Waals surface area contributed by atoms with Crippen molar-refractivity contribution in [3.8, 4) is 0 Å². The van der Waals surface area contributed by atoms with Crippen LogP contribution in [0.1, 0.15) is 49.6 Å². The summed E-state index contributed by atoms with van der Waals surface area (Å²) in [6.45, 7) is 8.51. The zero-order valence-electron chi connectivity index (χ0n) is 13.4. The molecular weight excluding hydrogens is 274 g/mol. The third-order valence-electron chi connectivity index (χ3n) is 3.85. The first kappa shape index (κ1) is 14.5. The van der Waals surface area contributed by atoms with Crippen molar-refractivity contribution < 1.29 is 0 Å². The fourth-order valence-electron chi connectivity index (χ4n) is 2.51. The number of hydrogen-bond acceptors (Lipinski definition) is 4. The van der Waals surface area contributed by atoms with E-state index in [-0.39, 0.29) is 6.04 Å². The van der Waals surface area contributed by atoms with E-state index < -0.39 is 0 Å². The largest absolute Gasteiger partial charge is 0.363 e. The molecule has 0 saturated heterocycles. The molecule has 0 aliphatic heterocycles. The smallest absolute Gasteiger partial charge is 0.254 e.